The highest BCUT2D eigenvalue weighted by Gasteiger charge is 2.30. The predicted molar refractivity (Wildman–Crippen MR) is 101 cm³/mol. The molecule has 1 saturated heterocycles. The number of likely N-dealkylation sites (tertiary alicyclic amines) is 1. The monoisotopic (exact) mass is 366 g/mol. The number of carbonyl (C=O) groups excluding carboxylic acids is 1. The van der Waals surface area contributed by atoms with Crippen LogP contribution in [-0.4, -0.2) is 39.5 Å². The molecule has 3 aromatic rings. The lowest BCUT2D eigenvalue weighted by Gasteiger charge is -2.23. The van der Waals surface area contributed by atoms with Crippen LogP contribution < -0.4 is 10.9 Å². The lowest BCUT2D eigenvalue weighted by molar-refractivity contribution is -0.125. The average Bonchev–Trinajstić information content (AvgIpc) is 3.38. The number of nitrogens with one attached hydrogen (secondary N) is 1. The Morgan fingerprint density at radius 2 is 2.11 bits per heavy atom. The molecule has 27 heavy (non-hydrogen) atoms. The molecule has 3 heterocycles. The van der Waals surface area contributed by atoms with E-state index in [-0.39, 0.29) is 17.5 Å². The zero-order valence-electron chi connectivity index (χ0n) is 15.0. The third-order valence-corrected chi connectivity index (χ3v) is 5.04. The summed E-state index contributed by atoms with van der Waals surface area (Å²) >= 11 is 0. The summed E-state index contributed by atoms with van der Waals surface area (Å²) in [7, 11) is 0. The number of amides is 1. The molecule has 4 rings (SSSR count). The van der Waals surface area contributed by atoms with Gasteiger partial charge < -0.3 is 9.73 Å². The second-order valence-electron chi connectivity index (χ2n) is 6.75. The van der Waals surface area contributed by atoms with Crippen LogP contribution in [0.2, 0.25) is 0 Å². The Bertz CT molecular complexity index is 980. The Kier molecular flexibility index (Phi) is 5.02. The number of hydrogen-bond acceptors (Lipinski definition) is 5. The van der Waals surface area contributed by atoms with Gasteiger partial charge >= 0.3 is 0 Å². The Morgan fingerprint density at radius 1 is 1.22 bits per heavy atom. The van der Waals surface area contributed by atoms with Crippen molar-refractivity contribution >= 4 is 16.8 Å². The van der Waals surface area contributed by atoms with Crippen molar-refractivity contribution in [2.75, 3.05) is 13.1 Å². The normalized spacial score (nSPS) is 17.4. The Hall–Kier alpha value is -2.93. The third kappa shape index (κ3) is 3.78. The lowest BCUT2D eigenvalue weighted by atomic mass is 10.2. The summed E-state index contributed by atoms with van der Waals surface area (Å²) in [6, 6.07) is 10.8. The molecule has 1 amide bonds. The molecule has 0 spiro atoms. The highest BCUT2D eigenvalue weighted by atomic mass is 16.3. The molecule has 1 aliphatic rings. The summed E-state index contributed by atoms with van der Waals surface area (Å²) < 4.78 is 6.88. The number of furan rings is 1. The van der Waals surface area contributed by atoms with Crippen LogP contribution in [-0.2, 0) is 17.9 Å². The zero-order valence-corrected chi connectivity index (χ0v) is 15.0. The SMILES string of the molecule is O=C(NCc1ccco1)C1CCCN1CCn1cnc2ccccc2c1=O. The minimum absolute atomic E-state index is 0.00730. The molecular weight excluding hydrogens is 344 g/mol. The highest BCUT2D eigenvalue weighted by Crippen LogP contribution is 2.17. The van der Waals surface area contributed by atoms with Crippen LogP contribution in [0.4, 0.5) is 0 Å². The van der Waals surface area contributed by atoms with E-state index in [1.807, 2.05) is 24.3 Å². The number of carbonyl (C=O) groups is 1. The fraction of sp³-hybridized carbons (Fsp3) is 0.350. The van der Waals surface area contributed by atoms with Crippen molar-refractivity contribution in [1.82, 2.24) is 19.8 Å². The molecule has 0 saturated carbocycles. The van der Waals surface area contributed by atoms with Crippen molar-refractivity contribution in [3.8, 4) is 0 Å². The molecule has 0 radical (unpaired) electrons. The first-order valence-electron chi connectivity index (χ1n) is 9.21. The van der Waals surface area contributed by atoms with E-state index in [1.165, 1.54) is 0 Å². The van der Waals surface area contributed by atoms with E-state index in [1.54, 1.807) is 29.3 Å². The Balaban J connectivity index is 1.39. The standard InChI is InChI=1S/C20H22N4O3/c25-19(21-13-15-5-4-12-27-15)18-8-3-9-23(18)10-11-24-14-22-17-7-2-1-6-16(17)20(24)26/h1-2,4-7,12,14,18H,3,8-11,13H2,(H,21,25). The van der Waals surface area contributed by atoms with Gasteiger partial charge in [0.15, 0.2) is 0 Å². The summed E-state index contributed by atoms with van der Waals surface area (Å²) in [5.41, 5.74) is 0.661. The lowest BCUT2D eigenvalue weighted by Crippen LogP contribution is -2.44. The molecule has 7 heteroatoms. The molecule has 1 aliphatic heterocycles. The van der Waals surface area contributed by atoms with Crippen LogP contribution in [0.3, 0.4) is 0 Å². The summed E-state index contributed by atoms with van der Waals surface area (Å²) in [6.45, 7) is 2.40. The average molecular weight is 366 g/mol. The van der Waals surface area contributed by atoms with Gasteiger partial charge in [0.25, 0.3) is 5.56 Å². The van der Waals surface area contributed by atoms with Gasteiger partial charge in [-0.1, -0.05) is 12.1 Å². The van der Waals surface area contributed by atoms with Crippen LogP contribution in [0.25, 0.3) is 10.9 Å². The van der Waals surface area contributed by atoms with Crippen molar-refractivity contribution in [1.29, 1.82) is 0 Å². The van der Waals surface area contributed by atoms with Gasteiger partial charge in [0.1, 0.15) is 5.76 Å². The summed E-state index contributed by atoms with van der Waals surface area (Å²) in [5.74, 6) is 0.745. The first-order chi connectivity index (χ1) is 13.2. The van der Waals surface area contributed by atoms with E-state index in [2.05, 4.69) is 15.2 Å². The highest BCUT2D eigenvalue weighted by molar-refractivity contribution is 5.82. The number of nitrogens with zero attached hydrogens (tertiary/aromatic N) is 3. The van der Waals surface area contributed by atoms with Crippen LogP contribution in [0.1, 0.15) is 18.6 Å². The van der Waals surface area contributed by atoms with E-state index < -0.39 is 0 Å². The second kappa shape index (κ2) is 7.75. The van der Waals surface area contributed by atoms with Crippen molar-refractivity contribution in [3.05, 3.63) is 65.1 Å². The Labute approximate surface area is 156 Å². The maximum atomic E-state index is 12.6. The van der Waals surface area contributed by atoms with E-state index in [4.69, 9.17) is 4.42 Å². The fourth-order valence-corrected chi connectivity index (χ4v) is 3.60. The zero-order chi connectivity index (χ0) is 18.6. The van der Waals surface area contributed by atoms with Crippen molar-refractivity contribution in [3.63, 3.8) is 0 Å². The van der Waals surface area contributed by atoms with Crippen LogP contribution in [0, 0.1) is 0 Å². The summed E-state index contributed by atoms with van der Waals surface area (Å²) in [4.78, 5) is 31.6. The van der Waals surface area contributed by atoms with Gasteiger partial charge in [0, 0.05) is 13.1 Å². The molecular formula is C20H22N4O3. The third-order valence-electron chi connectivity index (χ3n) is 5.04. The first kappa shape index (κ1) is 17.5. The van der Waals surface area contributed by atoms with E-state index in [0.717, 1.165) is 25.1 Å². The topological polar surface area (TPSA) is 80.4 Å². The molecule has 1 aromatic carbocycles. The molecule has 2 aromatic heterocycles. The molecule has 140 valence electrons. The number of rotatable bonds is 6. The van der Waals surface area contributed by atoms with Crippen LogP contribution in [0.5, 0.6) is 0 Å². The van der Waals surface area contributed by atoms with Crippen molar-refractivity contribution in [2.24, 2.45) is 0 Å². The Morgan fingerprint density at radius 3 is 2.96 bits per heavy atom. The molecule has 7 nitrogen and oxygen atoms in total. The van der Waals surface area contributed by atoms with Crippen molar-refractivity contribution in [2.45, 2.75) is 32.0 Å². The van der Waals surface area contributed by atoms with Gasteiger partial charge in [-0.2, -0.15) is 0 Å². The van der Waals surface area contributed by atoms with E-state index in [0.29, 0.717) is 30.5 Å². The molecule has 1 unspecified atom stereocenters. The summed E-state index contributed by atoms with van der Waals surface area (Å²) in [6.07, 6.45) is 4.99. The maximum Gasteiger partial charge on any atom is 0.261 e. The number of aromatic nitrogens is 2. The molecule has 1 N–H and O–H groups in total. The minimum Gasteiger partial charge on any atom is -0.467 e. The smallest absolute Gasteiger partial charge is 0.261 e. The maximum absolute atomic E-state index is 12.6. The largest absolute Gasteiger partial charge is 0.467 e. The predicted octanol–water partition coefficient (Wildman–Crippen LogP) is 1.77. The van der Waals surface area contributed by atoms with Gasteiger partial charge in [0.05, 0.1) is 36.1 Å². The number of benzene rings is 1. The number of fused-ring (bicyclic) bond motifs is 1. The minimum atomic E-state index is -0.163. The van der Waals surface area contributed by atoms with Gasteiger partial charge in [-0.3, -0.25) is 19.1 Å². The quantitative estimate of drug-likeness (QED) is 0.719. The number of hydrogen-bond donors (Lipinski definition) is 1. The van der Waals surface area contributed by atoms with Gasteiger partial charge in [-0.25, -0.2) is 4.98 Å². The molecule has 1 atom stereocenters. The molecule has 1 fully saturated rings. The van der Waals surface area contributed by atoms with Crippen LogP contribution >= 0.6 is 0 Å². The van der Waals surface area contributed by atoms with Gasteiger partial charge in [-0.05, 0) is 43.7 Å². The second-order valence-corrected chi connectivity index (χ2v) is 6.75. The van der Waals surface area contributed by atoms with Gasteiger partial charge in [-0.15, -0.1) is 0 Å². The van der Waals surface area contributed by atoms with Crippen molar-refractivity contribution < 1.29 is 9.21 Å². The van der Waals surface area contributed by atoms with E-state index in [9.17, 15) is 9.59 Å². The summed E-state index contributed by atoms with van der Waals surface area (Å²) in [5, 5.41) is 3.56. The van der Waals surface area contributed by atoms with Crippen LogP contribution in [0.15, 0.2) is 58.2 Å². The van der Waals surface area contributed by atoms with E-state index >= 15 is 0 Å². The molecule has 0 aliphatic carbocycles. The molecule has 0 bridgehead atoms. The van der Waals surface area contributed by atoms with Gasteiger partial charge in [0.2, 0.25) is 5.91 Å². The number of para-hydroxylation sites is 1. The first-order valence-corrected chi connectivity index (χ1v) is 9.21. The fourth-order valence-electron chi connectivity index (χ4n) is 3.60.